The molecule has 0 heterocycles. The minimum atomic E-state index is -2.06. The Morgan fingerprint density at radius 2 is 1.78 bits per heavy atom. The zero-order chi connectivity index (χ0) is 14.4. The Morgan fingerprint density at radius 3 is 2.17 bits per heavy atom. The van der Waals surface area contributed by atoms with Gasteiger partial charge >= 0.3 is 8.56 Å². The molecule has 4 heteroatoms. The van der Waals surface area contributed by atoms with E-state index in [9.17, 15) is 0 Å². The number of hydrogen-bond acceptors (Lipinski definition) is 3. The average Bonchev–Trinajstić information content (AvgIpc) is 2.24. The summed E-state index contributed by atoms with van der Waals surface area (Å²) in [5.74, 6) is 0.502. The van der Waals surface area contributed by atoms with Crippen LogP contribution in [0.2, 0.25) is 12.6 Å². The molecule has 2 N–H and O–H groups in total. The topological polar surface area (TPSA) is 44.5 Å². The minimum absolute atomic E-state index is 0.228. The summed E-state index contributed by atoms with van der Waals surface area (Å²) < 4.78 is 12.3. The van der Waals surface area contributed by atoms with E-state index in [0.717, 1.165) is 19.1 Å². The Balaban J connectivity index is 4.57. The zero-order valence-corrected chi connectivity index (χ0v) is 14.4. The second-order valence-corrected chi connectivity index (χ2v) is 9.73. The lowest BCUT2D eigenvalue weighted by Crippen LogP contribution is -2.45. The molecule has 110 valence electrons. The second-order valence-electron chi connectivity index (χ2n) is 6.44. The van der Waals surface area contributed by atoms with Gasteiger partial charge in [-0.05, 0) is 50.7 Å². The first kappa shape index (κ1) is 18.1. The van der Waals surface area contributed by atoms with Crippen molar-refractivity contribution in [3.63, 3.8) is 0 Å². The van der Waals surface area contributed by atoms with Gasteiger partial charge in [0, 0.05) is 12.7 Å². The summed E-state index contributed by atoms with van der Waals surface area (Å²) in [5, 5.41) is 0. The van der Waals surface area contributed by atoms with Crippen molar-refractivity contribution in [3.8, 4) is 0 Å². The molecule has 0 bridgehead atoms. The minimum Gasteiger partial charge on any atom is -0.395 e. The number of hydrogen-bond donors (Lipinski definition) is 1. The van der Waals surface area contributed by atoms with E-state index in [-0.39, 0.29) is 11.5 Å². The van der Waals surface area contributed by atoms with Crippen molar-refractivity contribution in [2.24, 2.45) is 17.1 Å². The highest BCUT2D eigenvalue weighted by atomic mass is 28.4. The quantitative estimate of drug-likeness (QED) is 0.689. The van der Waals surface area contributed by atoms with Gasteiger partial charge in [0.15, 0.2) is 0 Å². The fourth-order valence-electron chi connectivity index (χ4n) is 2.09. The molecule has 0 fully saturated rings. The lowest BCUT2D eigenvalue weighted by molar-refractivity contribution is 0.0498. The molecule has 0 aliphatic carbocycles. The van der Waals surface area contributed by atoms with E-state index in [2.05, 4.69) is 41.2 Å². The number of rotatable bonds is 8. The molecule has 0 aromatic rings. The van der Waals surface area contributed by atoms with Crippen LogP contribution in [0.4, 0.5) is 0 Å². The van der Waals surface area contributed by atoms with Gasteiger partial charge in [0.2, 0.25) is 0 Å². The molecule has 0 aliphatic heterocycles. The first-order valence-electron chi connectivity index (χ1n) is 7.18. The van der Waals surface area contributed by atoms with Crippen LogP contribution in [-0.4, -0.2) is 27.8 Å². The van der Waals surface area contributed by atoms with E-state index in [1.807, 2.05) is 6.92 Å². The Hall–Kier alpha value is 0.0969. The second kappa shape index (κ2) is 7.63. The maximum atomic E-state index is 6.33. The van der Waals surface area contributed by atoms with Crippen molar-refractivity contribution in [2.45, 2.75) is 66.7 Å². The smallest absolute Gasteiger partial charge is 0.335 e. The van der Waals surface area contributed by atoms with Crippen LogP contribution >= 0.6 is 0 Å². The molecule has 0 radical (unpaired) electrons. The standard InChI is InChI=1S/C14H33NO2Si/c1-8-16-18(7,11-9-10-15)17-13(3)12(2)14(4,5)6/h12-13H,8-11,15H2,1-7H3. The molecule has 0 aromatic carbocycles. The third-order valence-corrected chi connectivity index (χ3v) is 6.82. The first-order chi connectivity index (χ1) is 8.16. The molecule has 0 saturated carbocycles. The Bertz CT molecular complexity index is 230. The van der Waals surface area contributed by atoms with Crippen molar-refractivity contribution in [1.29, 1.82) is 0 Å². The van der Waals surface area contributed by atoms with Crippen LogP contribution in [0.25, 0.3) is 0 Å². The fourth-order valence-corrected chi connectivity index (χ4v) is 4.87. The molecule has 0 aliphatic rings. The molecule has 3 nitrogen and oxygen atoms in total. The van der Waals surface area contributed by atoms with Crippen LogP contribution in [-0.2, 0) is 8.85 Å². The van der Waals surface area contributed by atoms with Crippen LogP contribution in [0.3, 0.4) is 0 Å². The summed E-state index contributed by atoms with van der Waals surface area (Å²) in [6, 6.07) is 0.985. The predicted octanol–water partition coefficient (Wildman–Crippen LogP) is 3.53. The normalized spacial score (nSPS) is 19.3. The molecule has 0 saturated heterocycles. The molecule has 3 unspecified atom stereocenters. The van der Waals surface area contributed by atoms with E-state index in [4.69, 9.17) is 14.6 Å². The van der Waals surface area contributed by atoms with Gasteiger partial charge in [0.1, 0.15) is 0 Å². The summed E-state index contributed by atoms with van der Waals surface area (Å²) in [6.45, 7) is 16.8. The van der Waals surface area contributed by atoms with E-state index in [1.165, 1.54) is 0 Å². The molecule has 0 amide bonds. The summed E-state index contributed by atoms with van der Waals surface area (Å²) >= 11 is 0. The van der Waals surface area contributed by atoms with Gasteiger partial charge in [0.25, 0.3) is 0 Å². The van der Waals surface area contributed by atoms with Gasteiger partial charge in [-0.25, -0.2) is 0 Å². The Kier molecular flexibility index (Phi) is 7.67. The van der Waals surface area contributed by atoms with E-state index in [1.54, 1.807) is 0 Å². The molecule has 0 aromatic heterocycles. The van der Waals surface area contributed by atoms with Crippen LogP contribution in [0.15, 0.2) is 0 Å². The third-order valence-electron chi connectivity index (χ3n) is 3.79. The molecular weight excluding hydrogens is 242 g/mol. The summed E-state index contributed by atoms with van der Waals surface area (Å²) in [7, 11) is -2.06. The van der Waals surface area contributed by atoms with Crippen LogP contribution in [0.5, 0.6) is 0 Å². The maximum Gasteiger partial charge on any atom is 0.335 e. The Morgan fingerprint density at radius 1 is 1.22 bits per heavy atom. The van der Waals surface area contributed by atoms with Crippen molar-refractivity contribution < 1.29 is 8.85 Å². The van der Waals surface area contributed by atoms with E-state index < -0.39 is 8.56 Å². The van der Waals surface area contributed by atoms with E-state index in [0.29, 0.717) is 12.5 Å². The number of nitrogens with two attached hydrogens (primary N) is 1. The zero-order valence-electron chi connectivity index (χ0n) is 13.4. The van der Waals surface area contributed by atoms with Crippen molar-refractivity contribution >= 4 is 8.56 Å². The third kappa shape index (κ3) is 6.32. The highest BCUT2D eigenvalue weighted by Crippen LogP contribution is 2.31. The first-order valence-corrected chi connectivity index (χ1v) is 9.70. The molecule has 18 heavy (non-hydrogen) atoms. The Labute approximate surface area is 115 Å². The van der Waals surface area contributed by atoms with Gasteiger partial charge in [-0.2, -0.15) is 0 Å². The van der Waals surface area contributed by atoms with Gasteiger partial charge in [0.05, 0.1) is 0 Å². The van der Waals surface area contributed by atoms with Gasteiger partial charge < -0.3 is 14.6 Å². The molecular formula is C14H33NO2Si. The van der Waals surface area contributed by atoms with Crippen molar-refractivity contribution in [2.75, 3.05) is 13.2 Å². The predicted molar refractivity (Wildman–Crippen MR) is 80.9 cm³/mol. The average molecular weight is 276 g/mol. The van der Waals surface area contributed by atoms with Crippen LogP contribution in [0, 0.1) is 11.3 Å². The van der Waals surface area contributed by atoms with Crippen molar-refractivity contribution in [3.05, 3.63) is 0 Å². The van der Waals surface area contributed by atoms with Crippen LogP contribution < -0.4 is 5.73 Å². The summed E-state index contributed by atoms with van der Waals surface area (Å²) in [4.78, 5) is 0. The van der Waals surface area contributed by atoms with Gasteiger partial charge in [-0.15, -0.1) is 0 Å². The SMILES string of the molecule is CCO[Si](C)(CCCN)OC(C)C(C)C(C)(C)C. The van der Waals surface area contributed by atoms with Gasteiger partial charge in [-0.1, -0.05) is 27.7 Å². The fraction of sp³-hybridized carbons (Fsp3) is 1.00. The lowest BCUT2D eigenvalue weighted by Gasteiger charge is -2.37. The monoisotopic (exact) mass is 275 g/mol. The largest absolute Gasteiger partial charge is 0.395 e. The van der Waals surface area contributed by atoms with Crippen LogP contribution in [0.1, 0.15) is 48.0 Å². The molecule has 0 rings (SSSR count). The molecule has 3 atom stereocenters. The van der Waals surface area contributed by atoms with Crippen molar-refractivity contribution in [1.82, 2.24) is 0 Å². The lowest BCUT2D eigenvalue weighted by atomic mass is 9.79. The highest BCUT2D eigenvalue weighted by Gasteiger charge is 2.36. The molecule has 0 spiro atoms. The van der Waals surface area contributed by atoms with Gasteiger partial charge in [-0.3, -0.25) is 0 Å². The highest BCUT2D eigenvalue weighted by molar-refractivity contribution is 6.66. The maximum absolute atomic E-state index is 6.33. The van der Waals surface area contributed by atoms with E-state index >= 15 is 0 Å². The summed E-state index contributed by atoms with van der Waals surface area (Å²) in [6.07, 6.45) is 1.21. The summed E-state index contributed by atoms with van der Waals surface area (Å²) in [5.41, 5.74) is 5.86.